The van der Waals surface area contributed by atoms with Gasteiger partial charge in [-0.25, -0.2) is 4.79 Å². The minimum Gasteiger partial charge on any atom is -0.480 e. The molecule has 0 rings (SSSR count). The third-order valence-electron chi connectivity index (χ3n) is 8.02. The molecule has 10 nitrogen and oxygen atoms in total. The molecule has 0 aliphatic heterocycles. The number of carbonyl (C=O) groups is 4. The fourth-order valence-corrected chi connectivity index (χ4v) is 6.01. The Morgan fingerprint density at radius 1 is 0.681 bits per heavy atom. The van der Waals surface area contributed by atoms with E-state index in [0.29, 0.717) is 25.0 Å². The van der Waals surface area contributed by atoms with Crippen molar-refractivity contribution in [2.24, 2.45) is 5.73 Å². The number of hydrogen-bond donors (Lipinski definition) is 3. The monoisotopic (exact) mass is 688 g/mol. The minimum absolute atomic E-state index is 0.0208. The van der Waals surface area contributed by atoms with Gasteiger partial charge in [-0.1, -0.05) is 124 Å². The number of ether oxygens (including phenoxy) is 3. The summed E-state index contributed by atoms with van der Waals surface area (Å²) in [7, 11) is 0. The molecular weight excluding hydrogens is 620 g/mol. The third-order valence-corrected chi connectivity index (χ3v) is 9.22. The van der Waals surface area contributed by atoms with Gasteiger partial charge in [0, 0.05) is 24.3 Å². The van der Waals surface area contributed by atoms with Gasteiger partial charge in [0.15, 0.2) is 0 Å². The number of nitrogens with two attached hydrogens (primary N) is 1. The van der Waals surface area contributed by atoms with Crippen molar-refractivity contribution in [3.63, 3.8) is 0 Å². The summed E-state index contributed by atoms with van der Waals surface area (Å²) >= 11 is 1.36. The van der Waals surface area contributed by atoms with Gasteiger partial charge in [0.05, 0.1) is 18.7 Å². The fourth-order valence-electron chi connectivity index (χ4n) is 5.04. The molecule has 0 aromatic heterocycles. The zero-order valence-corrected chi connectivity index (χ0v) is 30.7. The highest BCUT2D eigenvalue weighted by Crippen LogP contribution is 2.15. The van der Waals surface area contributed by atoms with Gasteiger partial charge in [0.25, 0.3) is 0 Å². The van der Waals surface area contributed by atoms with E-state index in [2.05, 4.69) is 19.2 Å². The van der Waals surface area contributed by atoms with E-state index in [0.717, 1.165) is 38.5 Å². The van der Waals surface area contributed by atoms with Crippen LogP contribution in [0.25, 0.3) is 0 Å². The Morgan fingerprint density at radius 2 is 1.17 bits per heavy atom. The van der Waals surface area contributed by atoms with E-state index in [4.69, 9.17) is 25.1 Å². The van der Waals surface area contributed by atoms with Crippen molar-refractivity contribution in [1.82, 2.24) is 5.32 Å². The molecule has 0 fully saturated rings. The molecule has 0 heterocycles. The number of nitrogens with one attached hydrogen (secondary N) is 1. The highest BCUT2D eigenvalue weighted by Gasteiger charge is 2.21. The van der Waals surface area contributed by atoms with Crippen LogP contribution in [0.2, 0.25) is 0 Å². The summed E-state index contributed by atoms with van der Waals surface area (Å²) < 4.78 is 16.3. The summed E-state index contributed by atoms with van der Waals surface area (Å²) in [5, 5.41) is 11.5. The molecule has 47 heavy (non-hydrogen) atoms. The Morgan fingerprint density at radius 3 is 1.66 bits per heavy atom. The molecule has 0 aliphatic carbocycles. The summed E-state index contributed by atoms with van der Waals surface area (Å²) in [4.78, 5) is 48.3. The average Bonchev–Trinajstić information content (AvgIpc) is 3.04. The predicted molar refractivity (Wildman–Crippen MR) is 191 cm³/mol. The fraction of sp³-hybridized carbons (Fsp3) is 0.889. The SMILES string of the molecule is CCCCCCCCCCCC(=O)OC[C@H](CSC[C@@H](N)C(=O)N[C@@H](CC)COCC(=O)O)OC(=O)CCCCCCCCCCC. The lowest BCUT2D eigenvalue weighted by atomic mass is 10.1. The van der Waals surface area contributed by atoms with Crippen LogP contribution in [0, 0.1) is 0 Å². The van der Waals surface area contributed by atoms with Crippen LogP contribution in [0.15, 0.2) is 0 Å². The van der Waals surface area contributed by atoms with Gasteiger partial charge in [-0.3, -0.25) is 14.4 Å². The van der Waals surface area contributed by atoms with Crippen LogP contribution in [-0.4, -0.2) is 78.4 Å². The largest absolute Gasteiger partial charge is 0.480 e. The number of carbonyl (C=O) groups excluding carboxylic acids is 3. The number of carboxylic acids is 1. The first-order valence-corrected chi connectivity index (χ1v) is 19.7. The Labute approximate surface area is 289 Å². The van der Waals surface area contributed by atoms with E-state index in [1.54, 1.807) is 0 Å². The molecule has 4 N–H and O–H groups in total. The topological polar surface area (TPSA) is 154 Å². The van der Waals surface area contributed by atoms with Crippen molar-refractivity contribution < 1.29 is 38.5 Å². The van der Waals surface area contributed by atoms with Crippen molar-refractivity contribution in [2.75, 3.05) is 31.3 Å². The van der Waals surface area contributed by atoms with Crippen molar-refractivity contribution >= 4 is 35.6 Å². The molecule has 1 amide bonds. The first-order chi connectivity index (χ1) is 22.7. The number of thioether (sulfide) groups is 1. The molecular formula is C36H68N2O8S. The lowest BCUT2D eigenvalue weighted by Gasteiger charge is -2.21. The number of carboxylic acid groups (broad SMARTS) is 1. The highest BCUT2D eigenvalue weighted by atomic mass is 32.2. The zero-order valence-electron chi connectivity index (χ0n) is 29.9. The number of unbranched alkanes of at least 4 members (excludes halogenated alkanes) is 16. The molecule has 0 saturated heterocycles. The molecule has 276 valence electrons. The van der Waals surface area contributed by atoms with Gasteiger partial charge in [-0.2, -0.15) is 11.8 Å². The summed E-state index contributed by atoms with van der Waals surface area (Å²) in [6.45, 7) is 5.92. The predicted octanol–water partition coefficient (Wildman–Crippen LogP) is 7.34. The number of aliphatic carboxylic acids is 1. The van der Waals surface area contributed by atoms with Gasteiger partial charge in [0.2, 0.25) is 5.91 Å². The number of amides is 1. The molecule has 0 saturated carbocycles. The molecule has 3 atom stereocenters. The molecule has 0 aliphatic rings. The van der Waals surface area contributed by atoms with Gasteiger partial charge in [0.1, 0.15) is 19.3 Å². The normalized spacial score (nSPS) is 13.1. The van der Waals surface area contributed by atoms with Crippen LogP contribution in [0.5, 0.6) is 0 Å². The van der Waals surface area contributed by atoms with Crippen LogP contribution in [-0.2, 0) is 33.4 Å². The van der Waals surface area contributed by atoms with Crippen molar-refractivity contribution in [2.45, 2.75) is 174 Å². The summed E-state index contributed by atoms with van der Waals surface area (Å²) in [6.07, 6.45) is 21.5. The van der Waals surface area contributed by atoms with Crippen molar-refractivity contribution in [3.8, 4) is 0 Å². The smallest absolute Gasteiger partial charge is 0.329 e. The third kappa shape index (κ3) is 30.0. The Kier molecular flexibility index (Phi) is 31.4. The standard InChI is InChI=1S/C36H68N2O8S/c1-4-7-9-11-13-15-17-19-21-23-34(41)45-26-31(46-35(42)24-22-20-18-16-14-12-10-8-5-2)28-47-29-32(37)36(43)38-30(6-3)25-44-27-33(39)40/h30-32H,4-29,37H2,1-3H3,(H,38,43)(H,39,40)/t30-,31+,32+/m0/s1. The van der Waals surface area contributed by atoms with Gasteiger partial charge in [-0.15, -0.1) is 0 Å². The van der Waals surface area contributed by atoms with Gasteiger partial charge < -0.3 is 30.4 Å². The van der Waals surface area contributed by atoms with E-state index in [-0.39, 0.29) is 42.9 Å². The Balaban J connectivity index is 4.63. The second-order valence-electron chi connectivity index (χ2n) is 12.6. The minimum atomic E-state index is -1.07. The molecule has 0 aromatic rings. The van der Waals surface area contributed by atoms with Gasteiger partial charge in [-0.05, 0) is 19.3 Å². The van der Waals surface area contributed by atoms with Crippen LogP contribution in [0.3, 0.4) is 0 Å². The van der Waals surface area contributed by atoms with Crippen molar-refractivity contribution in [1.29, 1.82) is 0 Å². The van der Waals surface area contributed by atoms with E-state index in [9.17, 15) is 19.2 Å². The number of rotatable bonds is 34. The number of esters is 2. The highest BCUT2D eigenvalue weighted by molar-refractivity contribution is 7.99. The van der Waals surface area contributed by atoms with Crippen LogP contribution >= 0.6 is 11.8 Å². The van der Waals surface area contributed by atoms with E-state index < -0.39 is 24.7 Å². The molecule has 0 radical (unpaired) electrons. The van der Waals surface area contributed by atoms with E-state index in [1.807, 2.05) is 6.92 Å². The number of hydrogen-bond acceptors (Lipinski definition) is 9. The lowest BCUT2D eigenvalue weighted by Crippen LogP contribution is -2.48. The lowest BCUT2D eigenvalue weighted by molar-refractivity contribution is -0.157. The zero-order chi connectivity index (χ0) is 35.0. The molecule has 0 spiro atoms. The summed E-state index contributed by atoms with van der Waals surface area (Å²) in [5.74, 6) is -1.41. The first-order valence-electron chi connectivity index (χ1n) is 18.5. The molecule has 11 heteroatoms. The molecule has 0 aromatic carbocycles. The summed E-state index contributed by atoms with van der Waals surface area (Å²) in [6, 6.07) is -1.17. The maximum Gasteiger partial charge on any atom is 0.329 e. The second-order valence-corrected chi connectivity index (χ2v) is 13.7. The maximum absolute atomic E-state index is 12.6. The molecule has 0 bridgehead atoms. The molecule has 0 unspecified atom stereocenters. The second kappa shape index (κ2) is 32.7. The van der Waals surface area contributed by atoms with Crippen LogP contribution in [0.1, 0.15) is 156 Å². The Bertz CT molecular complexity index is 801. The van der Waals surface area contributed by atoms with E-state index >= 15 is 0 Å². The van der Waals surface area contributed by atoms with Crippen LogP contribution in [0.4, 0.5) is 0 Å². The summed E-state index contributed by atoms with van der Waals surface area (Å²) in [5.41, 5.74) is 6.11. The van der Waals surface area contributed by atoms with E-state index in [1.165, 1.54) is 88.8 Å². The Hall–Kier alpha value is -1.85. The first kappa shape index (κ1) is 45.2. The van der Waals surface area contributed by atoms with Crippen LogP contribution < -0.4 is 11.1 Å². The quantitative estimate of drug-likeness (QED) is 0.0462. The maximum atomic E-state index is 12.6. The van der Waals surface area contributed by atoms with Gasteiger partial charge >= 0.3 is 17.9 Å². The average molecular weight is 689 g/mol. The van der Waals surface area contributed by atoms with Crippen molar-refractivity contribution in [3.05, 3.63) is 0 Å².